The Morgan fingerprint density at radius 1 is 0.0947 bits per heavy atom. The van der Waals surface area contributed by atoms with Gasteiger partial charge in [-0.1, -0.05) is 7.43 Å². The molecule has 0 amide bonds. The van der Waals surface area contributed by atoms with Crippen molar-refractivity contribution >= 4 is 61.6 Å². The van der Waals surface area contributed by atoms with Crippen LogP contribution in [-0.4, -0.2) is 61.6 Å². The van der Waals surface area contributed by atoms with E-state index in [0.717, 1.165) is 0 Å². The van der Waals surface area contributed by atoms with Crippen LogP contribution in [-0.2, 0) is 239 Å². The van der Waals surface area contributed by atoms with E-state index in [-0.39, 0.29) is 322 Å². The molecule has 0 fully saturated rings. The summed E-state index contributed by atoms with van der Waals surface area (Å²) < 4.78 is 0. The van der Waals surface area contributed by atoms with Gasteiger partial charge in [0.05, 0.1) is 0 Å². The number of rotatable bonds is 0. The second-order valence-corrected chi connectivity index (χ2v) is 0. The molecule has 95 heavy (non-hydrogen) atoms. The average Bonchev–Trinajstić information content (AvgIpc) is 3.67. The summed E-state index contributed by atoms with van der Waals surface area (Å²) in [5, 5.41) is 225. The summed E-state index contributed by atoms with van der Waals surface area (Å²) in [6.45, 7) is 171. The minimum atomic E-state index is 0. The van der Waals surface area contributed by atoms with E-state index < -0.39 is 0 Å². The Bertz CT molecular complexity index is 897. The van der Waals surface area contributed by atoms with Crippen molar-refractivity contribution in [2.45, 2.75) is 7.43 Å². The molecule has 0 heterocycles. The quantitative estimate of drug-likeness (QED) is 0.160. The molecule has 0 aliphatic heterocycles. The third kappa shape index (κ3) is 16200. The molecule has 0 rings (SSSR count). The van der Waals surface area contributed by atoms with Gasteiger partial charge in [0.25, 0.3) is 0 Å². The van der Waals surface area contributed by atoms with Gasteiger partial charge in [-0.25, -0.2) is 0 Å². The third-order valence-electron chi connectivity index (χ3n) is 0. The SMILES string of the molecule is C.[C-]#N.[C-]#N.[C-]#N.[C-]#N.[C-]#N.[C-]#N.[C-]#N.[C-]#N.[C-]#N.[C-]#N.[C-]#N.[C-]#N.[C-]#N.[C-]#N.[C-]#N.[C-]#N.[C-]#N.[C-]#N.[C-]#N.[C-]#N.[C-]#N.[C-]#N.[C-]#N.[C-]#N.[C-]#N.[C-]#N.[C-]#N.[C-]#N.[C-]#N.[C-]#N.[C-]#N.[C-]#N.[C-]#N.[C-]#N.[C-]#N.[C-]#N.[Fe+6].[Fe+6].[Fe+6].[Fe+6].[Fe+6].[Fe+6].[Fe].[Fe].[Fe].[Fe].[Fe].[Fe].[Fe].[Fe].[Li+].[Li+].[Li+].[Li+].[Li][Li].[Li][Li]. The van der Waals surface area contributed by atoms with Gasteiger partial charge >= 0.3 is 239 Å². The Morgan fingerprint density at radius 3 is 0.0947 bits per heavy atom. The van der Waals surface area contributed by atoms with Gasteiger partial charge in [0.15, 0.2) is 0 Å². The zero-order valence-corrected chi connectivity index (χ0v) is 62.5. The van der Waals surface area contributed by atoms with Crippen LogP contribution in [0.25, 0.3) is 0 Å². The first kappa shape index (κ1) is 679. The van der Waals surface area contributed by atoms with Crippen LogP contribution in [0, 0.1) is 426 Å². The van der Waals surface area contributed by atoms with Crippen molar-refractivity contribution in [1.29, 1.82) is 189 Å². The zero-order chi connectivity index (χ0) is 76.0. The fourth-order valence-electron chi connectivity index (χ4n) is 0. The van der Waals surface area contributed by atoms with E-state index >= 15 is 0 Å². The Hall–Kier alpha value is -6.31. The van der Waals surface area contributed by atoms with Gasteiger partial charge < -0.3 is 426 Å². The van der Waals surface area contributed by atoms with E-state index in [4.69, 9.17) is 426 Å². The fourth-order valence-corrected chi connectivity index (χ4v) is 0. The number of nitrogens with zero attached hydrogens (tertiary/aromatic N) is 36. The predicted molar refractivity (Wildman–Crippen MR) is 209 cm³/mol. The monoisotopic (exact) mass is 1790 g/mol. The van der Waals surface area contributed by atoms with Crippen LogP contribution in [0.2, 0.25) is 0 Å². The molecular weight excluding hydrogens is 1790 g/mol. The van der Waals surface area contributed by atoms with Crippen LogP contribution in [0.1, 0.15) is 7.43 Å². The summed E-state index contributed by atoms with van der Waals surface area (Å²) in [6.07, 6.45) is 0. The molecule has 0 N–H and O–H groups in total. The van der Waals surface area contributed by atoms with Crippen LogP contribution in [0.5, 0.6) is 0 Å². The molecule has 0 aliphatic rings. The van der Waals surface area contributed by atoms with Gasteiger partial charge in [0.1, 0.15) is 0 Å². The summed E-state index contributed by atoms with van der Waals surface area (Å²) in [5.41, 5.74) is 0. The molecule has 58 heteroatoms. The Morgan fingerprint density at radius 2 is 0.0947 bits per heavy atom. The molecule has 0 aliphatic carbocycles. The molecule has 0 atom stereocenters. The molecule has 448 valence electrons. The summed E-state index contributed by atoms with van der Waals surface area (Å²) >= 11 is 8.00. The van der Waals surface area contributed by atoms with E-state index in [1.807, 2.05) is 61.6 Å². The van der Waals surface area contributed by atoms with E-state index in [1.54, 1.807) is 0 Å². The standard InChI is InChI=1S/36CN.CH4.14Fe.8Li/c36*1-2;;;;;;;;;;;;;;;;;;;;;;;/h;;;;;;;;;;;;;;;;;;;;;;;;;;;;;;;;;;;;1H4;;;;;;;;;;;;;;;;;;;;;;/q36*-1;;;;;;;;;;6*+6;;;;;4*+1. The Labute approximate surface area is 797 Å². The van der Waals surface area contributed by atoms with Crippen LogP contribution in [0.3, 0.4) is 0 Å². The van der Waals surface area contributed by atoms with Crippen LogP contribution in [0.15, 0.2) is 0 Å². The average molecular weight is 1790 g/mol. The molecule has 0 spiro atoms. The topological polar surface area (TPSA) is 856 Å². The normalized spacial score (nSPS) is 0.926. The molecule has 0 aromatic carbocycles. The van der Waals surface area contributed by atoms with Crippen molar-refractivity contribution < 1.29 is 314 Å². The van der Waals surface area contributed by atoms with E-state index in [1.165, 1.54) is 0 Å². The first-order valence-electron chi connectivity index (χ1n) is 10.0. The summed E-state index contributed by atoms with van der Waals surface area (Å²) in [6, 6.07) is 0. The molecule has 0 saturated heterocycles. The zero-order valence-electron chi connectivity index (χ0n) is 47.0. The summed E-state index contributed by atoms with van der Waals surface area (Å²) in [5.74, 6) is 0. The maximum absolute atomic E-state index is 6.25. The molecular formula is C37H4Fe14Li8N36+4. The first-order valence-corrected chi connectivity index (χ1v) is 10.0. The van der Waals surface area contributed by atoms with Crippen molar-refractivity contribution in [3.05, 3.63) is 237 Å². The predicted octanol–water partition coefficient (Wildman–Crippen LogP) is -9.44. The van der Waals surface area contributed by atoms with Gasteiger partial charge in [0, 0.05) is 137 Å². The van der Waals surface area contributed by atoms with Crippen molar-refractivity contribution in [2.75, 3.05) is 0 Å². The van der Waals surface area contributed by atoms with E-state index in [9.17, 15) is 0 Å². The molecule has 0 aromatic rings. The second-order valence-electron chi connectivity index (χ2n) is 0. The van der Waals surface area contributed by atoms with Crippen LogP contribution < -0.4 is 75.4 Å². The van der Waals surface area contributed by atoms with Crippen molar-refractivity contribution in [3.63, 3.8) is 0 Å². The van der Waals surface area contributed by atoms with Gasteiger partial charge in [-0.05, 0) is 0 Å². The van der Waals surface area contributed by atoms with Gasteiger partial charge in [-0.15, -0.1) is 0 Å². The second kappa shape index (κ2) is 16600. The van der Waals surface area contributed by atoms with Crippen LogP contribution in [0.4, 0.5) is 0 Å². The molecule has 0 radical (unpaired) electrons. The summed E-state index contributed by atoms with van der Waals surface area (Å²) in [7, 11) is 0. The van der Waals surface area contributed by atoms with Gasteiger partial charge in [-0.3, -0.25) is 0 Å². The molecule has 0 unspecified atom stereocenters. The molecule has 0 bridgehead atoms. The number of hydrogen-bond donors (Lipinski definition) is 0. The van der Waals surface area contributed by atoms with E-state index in [0.29, 0.717) is 0 Å². The van der Waals surface area contributed by atoms with Gasteiger partial charge in [-0.2, -0.15) is 0 Å². The Balaban J connectivity index is -0.00000000282. The van der Waals surface area contributed by atoms with Crippen molar-refractivity contribution in [1.82, 2.24) is 0 Å². The van der Waals surface area contributed by atoms with Crippen molar-refractivity contribution in [2.24, 2.45) is 0 Å². The van der Waals surface area contributed by atoms with Crippen LogP contribution >= 0.6 is 0 Å². The Kier molecular flexibility index (Phi) is 118000. The number of hydrogen-bond acceptors (Lipinski definition) is 36. The van der Waals surface area contributed by atoms with E-state index in [2.05, 4.69) is 0 Å². The fraction of sp³-hybridized carbons (Fsp3) is 0.0270. The molecule has 0 saturated carbocycles. The molecule has 0 aromatic heterocycles. The maximum atomic E-state index is 6.25. The minimum absolute atomic E-state index is 0. The molecule has 36 nitrogen and oxygen atoms in total. The van der Waals surface area contributed by atoms with Gasteiger partial charge in [0.2, 0.25) is 0 Å². The van der Waals surface area contributed by atoms with Crippen molar-refractivity contribution in [3.8, 4) is 0 Å². The third-order valence-corrected chi connectivity index (χ3v) is 0. The summed E-state index contributed by atoms with van der Waals surface area (Å²) in [4.78, 5) is 0. The first-order chi connectivity index (χ1) is 38.0.